The number of anilines is 1. The number of benzene rings is 1. The van der Waals surface area contributed by atoms with Crippen molar-refractivity contribution in [2.45, 2.75) is 69.4 Å². The molecule has 0 unspecified atom stereocenters. The third-order valence-electron chi connectivity index (χ3n) is 7.50. The number of carbonyl (C=O) groups excluding carboxylic acids is 2. The van der Waals surface area contributed by atoms with Crippen LogP contribution in [0.2, 0.25) is 0 Å². The molecular formula is C27H28F5N3O2. The molecule has 10 heteroatoms. The number of aldehydes is 1. The standard InChI is InChI=1S/C27H28F5N3O2/c1-15-22(8-10-34-24(15)25(33)37)35-23(9-11-36)20-7-4-17(18-13-26(28,29)14-18)12-21(20)16-2-5-19(6-3-16)27(30,31)32/h4,7-12,16,18-19H,2-3,5-6,13-14H2,1H3,(H2,33,37)(H,34,35)/b23-9-/t16-,19-. The molecule has 1 aromatic heterocycles. The van der Waals surface area contributed by atoms with E-state index in [-0.39, 0.29) is 56.1 Å². The molecule has 0 radical (unpaired) electrons. The Balaban J connectivity index is 1.71. The second kappa shape index (κ2) is 10.2. The Morgan fingerprint density at radius 1 is 1.11 bits per heavy atom. The maximum absolute atomic E-state index is 13.6. The third kappa shape index (κ3) is 5.83. The van der Waals surface area contributed by atoms with Crippen LogP contribution in [0.5, 0.6) is 0 Å². The fraction of sp³-hybridized carbons (Fsp3) is 0.444. The smallest absolute Gasteiger partial charge is 0.364 e. The number of nitrogens with zero attached hydrogens (tertiary/aromatic N) is 1. The molecule has 0 bridgehead atoms. The summed E-state index contributed by atoms with van der Waals surface area (Å²) in [6, 6.07) is 6.88. The number of hydrogen-bond acceptors (Lipinski definition) is 4. The number of primary amides is 1. The van der Waals surface area contributed by atoms with Gasteiger partial charge in [-0.2, -0.15) is 13.2 Å². The molecule has 4 rings (SSSR count). The van der Waals surface area contributed by atoms with E-state index in [4.69, 9.17) is 5.73 Å². The van der Waals surface area contributed by atoms with Gasteiger partial charge in [0.25, 0.3) is 5.91 Å². The molecule has 0 atom stereocenters. The Morgan fingerprint density at radius 2 is 1.78 bits per heavy atom. The molecule has 198 valence electrons. The Kier molecular flexibility index (Phi) is 7.39. The highest BCUT2D eigenvalue weighted by atomic mass is 19.4. The first-order valence-corrected chi connectivity index (χ1v) is 12.2. The summed E-state index contributed by atoms with van der Waals surface area (Å²) in [6.45, 7) is 1.65. The van der Waals surface area contributed by atoms with Gasteiger partial charge in [-0.15, -0.1) is 0 Å². The zero-order chi connectivity index (χ0) is 27.0. The van der Waals surface area contributed by atoms with E-state index in [1.165, 1.54) is 12.3 Å². The van der Waals surface area contributed by atoms with E-state index in [1.54, 1.807) is 25.1 Å². The van der Waals surface area contributed by atoms with E-state index in [2.05, 4.69) is 10.3 Å². The minimum absolute atomic E-state index is 0.0229. The SMILES string of the molecule is Cc1c(N/C(=C\C=O)c2ccc(C3CC(F)(F)C3)cc2[C@H]2CC[C@H](C(F)(F)F)CC2)ccnc1C(N)=O. The van der Waals surface area contributed by atoms with Crippen molar-refractivity contribution in [3.05, 3.63) is 64.5 Å². The van der Waals surface area contributed by atoms with Gasteiger partial charge in [-0.3, -0.25) is 14.6 Å². The molecule has 2 saturated carbocycles. The molecule has 5 nitrogen and oxygen atoms in total. The Labute approximate surface area is 211 Å². The van der Waals surface area contributed by atoms with Crippen LogP contribution in [-0.4, -0.2) is 29.3 Å². The highest BCUT2D eigenvalue weighted by molar-refractivity contribution is 5.95. The molecule has 2 fully saturated rings. The van der Waals surface area contributed by atoms with E-state index < -0.39 is 23.9 Å². The van der Waals surface area contributed by atoms with Crippen molar-refractivity contribution >= 4 is 23.6 Å². The molecule has 37 heavy (non-hydrogen) atoms. The van der Waals surface area contributed by atoms with Gasteiger partial charge in [0.2, 0.25) is 5.92 Å². The molecule has 2 aliphatic rings. The molecule has 2 aromatic rings. The second-order valence-electron chi connectivity index (χ2n) is 9.94. The zero-order valence-corrected chi connectivity index (χ0v) is 20.2. The zero-order valence-electron chi connectivity index (χ0n) is 20.2. The van der Waals surface area contributed by atoms with Crippen LogP contribution in [0.3, 0.4) is 0 Å². The second-order valence-corrected chi connectivity index (χ2v) is 9.94. The summed E-state index contributed by atoms with van der Waals surface area (Å²) < 4.78 is 66.9. The van der Waals surface area contributed by atoms with Gasteiger partial charge in [0, 0.05) is 47.6 Å². The van der Waals surface area contributed by atoms with Crippen molar-refractivity contribution in [3.8, 4) is 0 Å². The van der Waals surface area contributed by atoms with Crippen LogP contribution in [-0.2, 0) is 4.79 Å². The van der Waals surface area contributed by atoms with Crippen molar-refractivity contribution in [1.82, 2.24) is 4.98 Å². The van der Waals surface area contributed by atoms with Crippen LogP contribution in [0.15, 0.2) is 36.5 Å². The average molecular weight is 522 g/mol. The molecule has 0 saturated heterocycles. The number of amides is 1. The molecule has 1 amide bonds. The lowest BCUT2D eigenvalue weighted by Gasteiger charge is -2.36. The Morgan fingerprint density at radius 3 is 2.35 bits per heavy atom. The van der Waals surface area contributed by atoms with E-state index in [0.717, 1.165) is 5.56 Å². The molecule has 3 N–H and O–H groups in total. The summed E-state index contributed by atoms with van der Waals surface area (Å²) in [5, 5.41) is 3.14. The number of nitrogens with one attached hydrogen (secondary N) is 1. The first-order valence-electron chi connectivity index (χ1n) is 12.2. The van der Waals surface area contributed by atoms with E-state index >= 15 is 0 Å². The van der Waals surface area contributed by atoms with Gasteiger partial charge in [-0.25, -0.2) is 8.78 Å². The molecule has 1 aromatic carbocycles. The van der Waals surface area contributed by atoms with E-state index in [0.29, 0.717) is 34.4 Å². The maximum atomic E-state index is 13.6. The first-order chi connectivity index (χ1) is 17.4. The van der Waals surface area contributed by atoms with Gasteiger partial charge < -0.3 is 11.1 Å². The van der Waals surface area contributed by atoms with Gasteiger partial charge in [0.05, 0.1) is 5.92 Å². The largest absolute Gasteiger partial charge is 0.391 e. The summed E-state index contributed by atoms with van der Waals surface area (Å²) in [7, 11) is 0. The summed E-state index contributed by atoms with van der Waals surface area (Å²) in [4.78, 5) is 27.3. The van der Waals surface area contributed by atoms with Crippen molar-refractivity contribution in [2.24, 2.45) is 11.7 Å². The van der Waals surface area contributed by atoms with Crippen LogP contribution < -0.4 is 11.1 Å². The first kappa shape index (κ1) is 26.8. The number of carbonyl (C=O) groups is 2. The molecule has 0 aliphatic heterocycles. The monoisotopic (exact) mass is 521 g/mol. The summed E-state index contributed by atoms with van der Waals surface area (Å²) >= 11 is 0. The van der Waals surface area contributed by atoms with Crippen molar-refractivity contribution in [2.75, 3.05) is 5.32 Å². The molecule has 1 heterocycles. The predicted octanol–water partition coefficient (Wildman–Crippen LogP) is 6.49. The topological polar surface area (TPSA) is 85.1 Å². The van der Waals surface area contributed by atoms with Crippen molar-refractivity contribution in [3.63, 3.8) is 0 Å². The molecule has 0 spiro atoms. The van der Waals surface area contributed by atoms with Crippen molar-refractivity contribution < 1.29 is 31.5 Å². The fourth-order valence-electron chi connectivity index (χ4n) is 5.38. The third-order valence-corrected chi connectivity index (χ3v) is 7.50. The Hall–Kier alpha value is -3.30. The normalized spacial score (nSPS) is 22.3. The van der Waals surface area contributed by atoms with E-state index in [9.17, 15) is 31.5 Å². The number of halogens is 5. The summed E-state index contributed by atoms with van der Waals surface area (Å²) in [5.41, 5.74) is 8.79. The lowest BCUT2D eigenvalue weighted by Crippen LogP contribution is -2.33. The lowest BCUT2D eigenvalue weighted by atomic mass is 9.73. The van der Waals surface area contributed by atoms with Gasteiger partial charge >= 0.3 is 6.18 Å². The molecular weight excluding hydrogens is 493 g/mol. The predicted molar refractivity (Wildman–Crippen MR) is 129 cm³/mol. The average Bonchev–Trinajstić information content (AvgIpc) is 2.82. The number of alkyl halides is 5. The van der Waals surface area contributed by atoms with Crippen LogP contribution in [0.1, 0.15) is 83.1 Å². The molecule has 2 aliphatic carbocycles. The number of pyridine rings is 1. The minimum atomic E-state index is -4.26. The minimum Gasteiger partial charge on any atom is -0.364 e. The maximum Gasteiger partial charge on any atom is 0.391 e. The number of hydrogen-bond donors (Lipinski definition) is 2. The quantitative estimate of drug-likeness (QED) is 0.248. The fourth-order valence-corrected chi connectivity index (χ4v) is 5.38. The number of allylic oxidation sites excluding steroid dienone is 1. The Bertz CT molecular complexity index is 1210. The highest BCUT2D eigenvalue weighted by Gasteiger charge is 2.46. The van der Waals surface area contributed by atoms with Gasteiger partial charge in [0.15, 0.2) is 0 Å². The van der Waals surface area contributed by atoms with Crippen molar-refractivity contribution in [1.29, 1.82) is 0 Å². The van der Waals surface area contributed by atoms with E-state index in [1.807, 2.05) is 6.07 Å². The number of aromatic nitrogens is 1. The summed E-state index contributed by atoms with van der Waals surface area (Å²) in [6.07, 6.45) is -0.995. The lowest BCUT2D eigenvalue weighted by molar-refractivity contribution is -0.182. The number of rotatable bonds is 7. The highest BCUT2D eigenvalue weighted by Crippen LogP contribution is 2.50. The number of nitrogens with two attached hydrogens (primary N) is 1. The van der Waals surface area contributed by atoms with Crippen LogP contribution in [0.4, 0.5) is 27.6 Å². The van der Waals surface area contributed by atoms with Crippen LogP contribution >= 0.6 is 0 Å². The van der Waals surface area contributed by atoms with Crippen LogP contribution in [0.25, 0.3) is 5.70 Å². The van der Waals surface area contributed by atoms with Crippen LogP contribution in [0, 0.1) is 12.8 Å². The van der Waals surface area contributed by atoms with Gasteiger partial charge in [-0.1, -0.05) is 18.2 Å². The van der Waals surface area contributed by atoms with Gasteiger partial charge in [-0.05, 0) is 61.6 Å². The van der Waals surface area contributed by atoms with Gasteiger partial charge in [0.1, 0.15) is 12.0 Å². The summed E-state index contributed by atoms with van der Waals surface area (Å²) in [5.74, 6) is -5.36.